The molecular formula is C11H11FINO2. The molecule has 1 aromatic rings. The number of rotatable bonds is 1. The van der Waals surface area contributed by atoms with Crippen LogP contribution in [-0.2, 0) is 4.74 Å². The standard InChI is InChI=1S/C11H11FINO2/c12-10-7-8(13)1-2-9(10)11(15)14-3-5-16-6-4-14/h1-2,7H,3-6H2. The second kappa shape index (κ2) is 5.09. The highest BCUT2D eigenvalue weighted by Crippen LogP contribution is 2.15. The van der Waals surface area contributed by atoms with Crippen LogP contribution in [0.25, 0.3) is 0 Å². The van der Waals surface area contributed by atoms with Gasteiger partial charge in [-0.15, -0.1) is 0 Å². The smallest absolute Gasteiger partial charge is 0.256 e. The van der Waals surface area contributed by atoms with E-state index in [1.54, 1.807) is 11.0 Å². The number of hydrogen-bond donors (Lipinski definition) is 0. The van der Waals surface area contributed by atoms with Gasteiger partial charge in [-0.2, -0.15) is 0 Å². The number of carbonyl (C=O) groups excluding carboxylic acids is 1. The molecule has 1 aliphatic rings. The minimum absolute atomic E-state index is 0.141. The first-order chi connectivity index (χ1) is 7.68. The fourth-order valence-electron chi connectivity index (χ4n) is 1.60. The normalized spacial score (nSPS) is 16.2. The van der Waals surface area contributed by atoms with Crippen molar-refractivity contribution in [3.05, 3.63) is 33.1 Å². The van der Waals surface area contributed by atoms with Crippen LogP contribution in [0.2, 0.25) is 0 Å². The molecule has 0 saturated carbocycles. The van der Waals surface area contributed by atoms with Gasteiger partial charge in [0.2, 0.25) is 0 Å². The topological polar surface area (TPSA) is 29.5 Å². The minimum atomic E-state index is -0.455. The second-order valence-corrected chi connectivity index (χ2v) is 4.77. The number of amides is 1. The maximum Gasteiger partial charge on any atom is 0.256 e. The fourth-order valence-corrected chi connectivity index (χ4v) is 2.05. The Morgan fingerprint density at radius 1 is 1.38 bits per heavy atom. The highest BCUT2D eigenvalue weighted by Gasteiger charge is 2.21. The van der Waals surface area contributed by atoms with E-state index in [1.165, 1.54) is 12.1 Å². The lowest BCUT2D eigenvalue weighted by molar-refractivity contribution is 0.0300. The van der Waals surface area contributed by atoms with Crippen LogP contribution in [0.1, 0.15) is 10.4 Å². The lowest BCUT2D eigenvalue weighted by Crippen LogP contribution is -2.41. The van der Waals surface area contributed by atoms with E-state index < -0.39 is 5.82 Å². The van der Waals surface area contributed by atoms with Gasteiger partial charge in [-0.3, -0.25) is 4.79 Å². The summed E-state index contributed by atoms with van der Waals surface area (Å²) in [7, 11) is 0. The molecule has 0 aromatic heterocycles. The van der Waals surface area contributed by atoms with Gasteiger partial charge in [0.15, 0.2) is 0 Å². The molecule has 86 valence electrons. The van der Waals surface area contributed by atoms with Crippen LogP contribution in [0.4, 0.5) is 4.39 Å². The zero-order valence-electron chi connectivity index (χ0n) is 8.58. The van der Waals surface area contributed by atoms with E-state index in [-0.39, 0.29) is 11.5 Å². The van der Waals surface area contributed by atoms with Gasteiger partial charge in [0.1, 0.15) is 5.82 Å². The molecule has 0 spiro atoms. The first-order valence-electron chi connectivity index (χ1n) is 5.00. The average molecular weight is 335 g/mol. The molecule has 1 heterocycles. The van der Waals surface area contributed by atoms with Gasteiger partial charge >= 0.3 is 0 Å². The van der Waals surface area contributed by atoms with Crippen LogP contribution in [0, 0.1) is 9.39 Å². The number of carbonyl (C=O) groups is 1. The summed E-state index contributed by atoms with van der Waals surface area (Å²) in [5.74, 6) is -0.708. The molecular weight excluding hydrogens is 324 g/mol. The Kier molecular flexibility index (Phi) is 3.75. The molecule has 1 fully saturated rings. The zero-order chi connectivity index (χ0) is 11.5. The summed E-state index contributed by atoms with van der Waals surface area (Å²) in [6.07, 6.45) is 0. The molecule has 16 heavy (non-hydrogen) atoms. The Labute approximate surface area is 107 Å². The largest absolute Gasteiger partial charge is 0.378 e. The van der Waals surface area contributed by atoms with E-state index in [2.05, 4.69) is 0 Å². The molecule has 0 unspecified atom stereocenters. The monoisotopic (exact) mass is 335 g/mol. The number of hydrogen-bond acceptors (Lipinski definition) is 2. The number of morpholine rings is 1. The predicted molar refractivity (Wildman–Crippen MR) is 65.8 cm³/mol. The Morgan fingerprint density at radius 3 is 2.69 bits per heavy atom. The second-order valence-electron chi connectivity index (χ2n) is 3.53. The third kappa shape index (κ3) is 2.52. The molecule has 3 nitrogen and oxygen atoms in total. The van der Waals surface area contributed by atoms with Crippen LogP contribution in [0.5, 0.6) is 0 Å². The number of benzene rings is 1. The molecule has 1 aliphatic heterocycles. The van der Waals surface area contributed by atoms with Gasteiger partial charge in [-0.1, -0.05) is 0 Å². The van der Waals surface area contributed by atoms with Crippen LogP contribution in [0.15, 0.2) is 18.2 Å². The summed E-state index contributed by atoms with van der Waals surface area (Å²) in [5.41, 5.74) is 0.141. The molecule has 0 N–H and O–H groups in total. The van der Waals surface area contributed by atoms with Gasteiger partial charge < -0.3 is 9.64 Å². The molecule has 0 aliphatic carbocycles. The highest BCUT2D eigenvalue weighted by atomic mass is 127. The van der Waals surface area contributed by atoms with E-state index >= 15 is 0 Å². The molecule has 2 rings (SSSR count). The molecule has 0 atom stereocenters. The average Bonchev–Trinajstić information content (AvgIpc) is 2.29. The molecule has 1 amide bonds. The number of nitrogens with zero attached hydrogens (tertiary/aromatic N) is 1. The van der Waals surface area contributed by atoms with E-state index in [0.717, 1.165) is 3.57 Å². The quantitative estimate of drug-likeness (QED) is 0.734. The number of halogens is 2. The van der Waals surface area contributed by atoms with Crippen LogP contribution in [0.3, 0.4) is 0 Å². The molecule has 0 radical (unpaired) electrons. The molecule has 5 heteroatoms. The summed E-state index contributed by atoms with van der Waals surface area (Å²) >= 11 is 2.02. The van der Waals surface area contributed by atoms with Crippen molar-refractivity contribution in [1.82, 2.24) is 4.90 Å². The van der Waals surface area contributed by atoms with E-state index in [0.29, 0.717) is 26.3 Å². The Morgan fingerprint density at radius 2 is 2.06 bits per heavy atom. The van der Waals surface area contributed by atoms with Crippen molar-refractivity contribution >= 4 is 28.5 Å². The Balaban J connectivity index is 2.19. The first kappa shape index (κ1) is 11.8. The Bertz CT molecular complexity index is 405. The fraction of sp³-hybridized carbons (Fsp3) is 0.364. The maximum absolute atomic E-state index is 13.6. The summed E-state index contributed by atoms with van der Waals surface area (Å²) < 4.78 is 19.5. The van der Waals surface area contributed by atoms with Crippen molar-refractivity contribution in [2.24, 2.45) is 0 Å². The number of ether oxygens (including phenoxy) is 1. The van der Waals surface area contributed by atoms with E-state index in [1.807, 2.05) is 22.6 Å². The highest BCUT2D eigenvalue weighted by molar-refractivity contribution is 14.1. The van der Waals surface area contributed by atoms with Crippen molar-refractivity contribution in [3.8, 4) is 0 Å². The molecule has 1 aromatic carbocycles. The van der Waals surface area contributed by atoms with Crippen molar-refractivity contribution in [2.45, 2.75) is 0 Å². The van der Waals surface area contributed by atoms with Crippen molar-refractivity contribution in [1.29, 1.82) is 0 Å². The first-order valence-corrected chi connectivity index (χ1v) is 6.08. The van der Waals surface area contributed by atoms with Crippen LogP contribution < -0.4 is 0 Å². The lowest BCUT2D eigenvalue weighted by atomic mass is 10.2. The van der Waals surface area contributed by atoms with Gasteiger partial charge in [0.05, 0.1) is 18.8 Å². The van der Waals surface area contributed by atoms with Gasteiger partial charge in [0.25, 0.3) is 5.91 Å². The van der Waals surface area contributed by atoms with Crippen molar-refractivity contribution in [3.63, 3.8) is 0 Å². The van der Waals surface area contributed by atoms with Gasteiger partial charge in [-0.25, -0.2) is 4.39 Å². The van der Waals surface area contributed by atoms with E-state index in [9.17, 15) is 9.18 Å². The molecule has 1 saturated heterocycles. The SMILES string of the molecule is O=C(c1ccc(I)cc1F)N1CCOCC1. The van der Waals surface area contributed by atoms with Crippen LogP contribution in [-0.4, -0.2) is 37.1 Å². The molecule has 0 bridgehead atoms. The summed E-state index contributed by atoms with van der Waals surface area (Å²) in [4.78, 5) is 13.6. The minimum Gasteiger partial charge on any atom is -0.378 e. The van der Waals surface area contributed by atoms with E-state index in [4.69, 9.17) is 4.74 Å². The summed E-state index contributed by atoms with van der Waals surface area (Å²) in [6.45, 7) is 2.12. The summed E-state index contributed by atoms with van der Waals surface area (Å²) in [6, 6.07) is 4.64. The predicted octanol–water partition coefficient (Wildman–Crippen LogP) is 1.90. The van der Waals surface area contributed by atoms with Crippen molar-refractivity contribution in [2.75, 3.05) is 26.3 Å². The third-order valence-electron chi connectivity index (χ3n) is 2.46. The Hall–Kier alpha value is -0.690. The van der Waals surface area contributed by atoms with Gasteiger partial charge in [0, 0.05) is 16.7 Å². The van der Waals surface area contributed by atoms with Crippen molar-refractivity contribution < 1.29 is 13.9 Å². The van der Waals surface area contributed by atoms with Crippen LogP contribution >= 0.6 is 22.6 Å². The maximum atomic E-state index is 13.6. The lowest BCUT2D eigenvalue weighted by Gasteiger charge is -2.26. The third-order valence-corrected chi connectivity index (χ3v) is 3.13. The van der Waals surface area contributed by atoms with Gasteiger partial charge in [-0.05, 0) is 40.8 Å². The zero-order valence-corrected chi connectivity index (χ0v) is 10.7. The summed E-state index contributed by atoms with van der Waals surface area (Å²) in [5, 5.41) is 0.